The zero-order chi connectivity index (χ0) is 17.3. The number of aromatic nitrogens is 1. The minimum atomic E-state index is -0.919. The van der Waals surface area contributed by atoms with E-state index < -0.39 is 22.7 Å². The maximum Gasteiger partial charge on any atom is 0.287 e. The maximum atomic E-state index is 13.4. The average molecular weight is 335 g/mol. The van der Waals surface area contributed by atoms with Gasteiger partial charge in [-0.3, -0.25) is 10.1 Å². The van der Waals surface area contributed by atoms with Crippen LogP contribution in [0.5, 0.6) is 0 Å². The van der Waals surface area contributed by atoms with Gasteiger partial charge in [-0.1, -0.05) is 6.07 Å². The van der Waals surface area contributed by atoms with Crippen LogP contribution in [0.2, 0.25) is 0 Å². The number of hydrogen-bond donors (Lipinski definition) is 0. The van der Waals surface area contributed by atoms with Gasteiger partial charge in [0.2, 0.25) is 0 Å². The van der Waals surface area contributed by atoms with E-state index in [4.69, 9.17) is 4.74 Å². The van der Waals surface area contributed by atoms with E-state index in [0.29, 0.717) is 36.6 Å². The summed E-state index contributed by atoms with van der Waals surface area (Å²) in [6.45, 7) is 3.10. The number of halogens is 2. The summed E-state index contributed by atoms with van der Waals surface area (Å²) in [7, 11) is 0. The van der Waals surface area contributed by atoms with E-state index in [1.165, 1.54) is 18.3 Å². The fourth-order valence-corrected chi connectivity index (χ4v) is 2.74. The van der Waals surface area contributed by atoms with Crippen molar-refractivity contribution in [3.8, 4) is 0 Å². The summed E-state index contributed by atoms with van der Waals surface area (Å²) >= 11 is 0. The Morgan fingerprint density at radius 2 is 2.12 bits per heavy atom. The van der Waals surface area contributed by atoms with E-state index in [2.05, 4.69) is 4.98 Å². The van der Waals surface area contributed by atoms with E-state index in [9.17, 15) is 18.9 Å². The van der Waals surface area contributed by atoms with Gasteiger partial charge in [0.15, 0.2) is 11.6 Å². The summed E-state index contributed by atoms with van der Waals surface area (Å²) in [5.41, 5.74) is 1.15. The minimum absolute atomic E-state index is 0.0679. The van der Waals surface area contributed by atoms with Crippen LogP contribution in [0.4, 0.5) is 20.3 Å². The molecule has 24 heavy (non-hydrogen) atoms. The fourth-order valence-electron chi connectivity index (χ4n) is 2.74. The number of rotatable bonds is 3. The number of morpholine rings is 1. The van der Waals surface area contributed by atoms with Crippen molar-refractivity contribution in [2.24, 2.45) is 0 Å². The van der Waals surface area contributed by atoms with Crippen molar-refractivity contribution >= 4 is 11.5 Å². The highest BCUT2D eigenvalue weighted by atomic mass is 19.2. The first-order valence-corrected chi connectivity index (χ1v) is 7.38. The predicted octanol–water partition coefficient (Wildman–Crippen LogP) is 3.15. The number of nitro groups is 1. The lowest BCUT2D eigenvalue weighted by molar-refractivity contribution is -0.385. The molecule has 1 unspecified atom stereocenters. The van der Waals surface area contributed by atoms with Gasteiger partial charge in [0.1, 0.15) is 18.1 Å². The fraction of sp³-hybridized carbons (Fsp3) is 0.312. The van der Waals surface area contributed by atoms with Crippen LogP contribution in [0, 0.1) is 28.7 Å². The zero-order valence-electron chi connectivity index (χ0n) is 12.9. The molecule has 0 radical (unpaired) electrons. The highest BCUT2D eigenvalue weighted by molar-refractivity contribution is 5.51. The first-order chi connectivity index (χ1) is 11.5. The zero-order valence-corrected chi connectivity index (χ0v) is 12.9. The van der Waals surface area contributed by atoms with Gasteiger partial charge < -0.3 is 9.64 Å². The summed E-state index contributed by atoms with van der Waals surface area (Å²) in [4.78, 5) is 16.4. The third-order valence-corrected chi connectivity index (χ3v) is 3.93. The van der Waals surface area contributed by atoms with Crippen LogP contribution in [0.1, 0.15) is 17.2 Å². The summed E-state index contributed by atoms with van der Waals surface area (Å²) < 4.78 is 32.1. The molecule has 126 valence electrons. The molecule has 1 atom stereocenters. The van der Waals surface area contributed by atoms with Crippen molar-refractivity contribution in [3.63, 3.8) is 0 Å². The van der Waals surface area contributed by atoms with Crippen molar-refractivity contribution < 1.29 is 18.4 Å². The van der Waals surface area contributed by atoms with Crippen molar-refractivity contribution in [1.29, 1.82) is 0 Å². The number of benzene rings is 1. The monoisotopic (exact) mass is 335 g/mol. The standard InChI is InChI=1S/C16H15F2N3O3/c1-10-6-12(21(22)23)8-19-16(10)20-4-5-24-15(9-20)11-2-3-13(17)14(18)7-11/h2-3,6-8,15H,4-5,9H2,1H3. The molecule has 0 saturated carbocycles. The van der Waals surface area contributed by atoms with Crippen LogP contribution in [0.25, 0.3) is 0 Å². The van der Waals surface area contributed by atoms with Crippen molar-refractivity contribution in [2.75, 3.05) is 24.6 Å². The number of hydrogen-bond acceptors (Lipinski definition) is 5. The number of anilines is 1. The summed E-state index contributed by atoms with van der Waals surface area (Å²) in [5.74, 6) is -1.20. The Hall–Kier alpha value is -2.61. The first kappa shape index (κ1) is 16.3. The topological polar surface area (TPSA) is 68.5 Å². The molecule has 3 rings (SSSR count). The van der Waals surface area contributed by atoms with Gasteiger partial charge in [-0.15, -0.1) is 0 Å². The quantitative estimate of drug-likeness (QED) is 0.637. The normalized spacial score (nSPS) is 17.8. The maximum absolute atomic E-state index is 13.4. The van der Waals surface area contributed by atoms with Gasteiger partial charge in [-0.2, -0.15) is 0 Å². The van der Waals surface area contributed by atoms with E-state index in [1.807, 2.05) is 4.90 Å². The van der Waals surface area contributed by atoms with E-state index in [-0.39, 0.29) is 5.69 Å². The van der Waals surface area contributed by atoms with Gasteiger partial charge in [-0.25, -0.2) is 13.8 Å². The van der Waals surface area contributed by atoms with Gasteiger partial charge >= 0.3 is 0 Å². The van der Waals surface area contributed by atoms with Crippen LogP contribution < -0.4 is 4.90 Å². The number of pyridine rings is 1. The molecule has 0 bridgehead atoms. The SMILES string of the molecule is Cc1cc([N+](=O)[O-])cnc1N1CCOC(c2ccc(F)c(F)c2)C1. The van der Waals surface area contributed by atoms with E-state index >= 15 is 0 Å². The second-order valence-electron chi connectivity index (χ2n) is 5.57. The first-order valence-electron chi connectivity index (χ1n) is 7.38. The van der Waals surface area contributed by atoms with E-state index in [0.717, 1.165) is 12.1 Å². The molecular weight excluding hydrogens is 320 g/mol. The van der Waals surface area contributed by atoms with Gasteiger partial charge in [-0.05, 0) is 30.2 Å². The molecule has 1 aliphatic rings. The molecule has 0 N–H and O–H groups in total. The van der Waals surface area contributed by atoms with Crippen LogP contribution in [0.15, 0.2) is 30.5 Å². The van der Waals surface area contributed by atoms with Crippen molar-refractivity contribution in [1.82, 2.24) is 4.98 Å². The number of nitrogens with zero attached hydrogens (tertiary/aromatic N) is 3. The van der Waals surface area contributed by atoms with Crippen molar-refractivity contribution in [2.45, 2.75) is 13.0 Å². The third-order valence-electron chi connectivity index (χ3n) is 3.93. The molecule has 1 aromatic carbocycles. The average Bonchev–Trinajstić information content (AvgIpc) is 2.57. The summed E-state index contributed by atoms with van der Waals surface area (Å²) in [6.07, 6.45) is 0.787. The Balaban J connectivity index is 1.83. The Bertz CT molecular complexity index is 785. The molecule has 2 heterocycles. The largest absolute Gasteiger partial charge is 0.370 e. The highest BCUT2D eigenvalue weighted by Crippen LogP contribution is 2.28. The molecule has 1 aromatic heterocycles. The molecule has 8 heteroatoms. The van der Waals surface area contributed by atoms with Crippen molar-refractivity contribution in [3.05, 3.63) is 63.3 Å². The Kier molecular flexibility index (Phi) is 4.39. The Labute approximate surface area is 136 Å². The molecule has 1 saturated heterocycles. The molecule has 0 spiro atoms. The third kappa shape index (κ3) is 3.18. The van der Waals surface area contributed by atoms with Gasteiger partial charge in [0.05, 0.1) is 11.5 Å². The second kappa shape index (κ2) is 6.48. The van der Waals surface area contributed by atoms with Crippen LogP contribution >= 0.6 is 0 Å². The molecule has 1 aliphatic heterocycles. The lowest BCUT2D eigenvalue weighted by atomic mass is 10.1. The Morgan fingerprint density at radius 3 is 2.79 bits per heavy atom. The highest BCUT2D eigenvalue weighted by Gasteiger charge is 2.25. The molecule has 6 nitrogen and oxygen atoms in total. The lowest BCUT2D eigenvalue weighted by Crippen LogP contribution is -2.39. The molecule has 0 amide bonds. The van der Waals surface area contributed by atoms with Gasteiger partial charge in [0.25, 0.3) is 5.69 Å². The molecular formula is C16H15F2N3O3. The molecule has 2 aromatic rings. The minimum Gasteiger partial charge on any atom is -0.370 e. The smallest absolute Gasteiger partial charge is 0.287 e. The second-order valence-corrected chi connectivity index (χ2v) is 5.57. The molecule has 1 fully saturated rings. The Morgan fingerprint density at radius 1 is 1.33 bits per heavy atom. The number of ether oxygens (including phenoxy) is 1. The van der Waals surface area contributed by atoms with E-state index in [1.54, 1.807) is 6.92 Å². The predicted molar refractivity (Wildman–Crippen MR) is 82.9 cm³/mol. The van der Waals surface area contributed by atoms with Crippen LogP contribution in [0.3, 0.4) is 0 Å². The van der Waals surface area contributed by atoms with Crippen LogP contribution in [-0.2, 0) is 4.74 Å². The lowest BCUT2D eigenvalue weighted by Gasteiger charge is -2.34. The molecule has 0 aliphatic carbocycles. The summed E-state index contributed by atoms with van der Waals surface area (Å²) in [6, 6.07) is 5.15. The van der Waals surface area contributed by atoms with Crippen LogP contribution in [-0.4, -0.2) is 29.6 Å². The number of aryl methyl sites for hydroxylation is 1. The van der Waals surface area contributed by atoms with Gasteiger partial charge in [0, 0.05) is 19.2 Å². The summed E-state index contributed by atoms with van der Waals surface area (Å²) in [5, 5.41) is 10.8.